The zero-order valence-corrected chi connectivity index (χ0v) is 25.3. The van der Waals surface area contributed by atoms with Crippen LogP contribution < -0.4 is 0 Å². The average Bonchev–Trinajstić information content (AvgIpc) is 3.44. The smallest absolute Gasteiger partial charge is 0.358 e. The Kier molecular flexibility index (Phi) is 11.2. The molecule has 4 aromatic rings. The molecule has 0 spiro atoms. The summed E-state index contributed by atoms with van der Waals surface area (Å²) in [5, 5.41) is 2.93. The van der Waals surface area contributed by atoms with Crippen LogP contribution in [-0.2, 0) is 51.5 Å². The molecule has 1 aliphatic carbocycles. The zero-order chi connectivity index (χ0) is 21.3. The van der Waals surface area contributed by atoms with Gasteiger partial charge in [-0.1, -0.05) is 82.5 Å². The van der Waals surface area contributed by atoms with Crippen LogP contribution in [0.2, 0.25) is 0 Å². The molecule has 0 bridgehead atoms. The van der Waals surface area contributed by atoms with Crippen LogP contribution in [0.15, 0.2) is 54.6 Å². The molecule has 0 nitrogen and oxygen atoms in total. The van der Waals surface area contributed by atoms with Crippen LogP contribution in [0.5, 0.6) is 0 Å². The van der Waals surface area contributed by atoms with Gasteiger partial charge in [0.05, 0.1) is 0 Å². The van der Waals surface area contributed by atoms with Gasteiger partial charge in [0.1, 0.15) is 0 Å². The maximum Gasteiger partial charge on any atom is 4.00 e. The van der Waals surface area contributed by atoms with Crippen molar-refractivity contribution in [1.29, 1.82) is 0 Å². The molecule has 0 aromatic heterocycles. The van der Waals surface area contributed by atoms with E-state index in [1.165, 1.54) is 69.0 Å². The molecule has 33 heavy (non-hydrogen) atoms. The number of hydrogen-bond donors (Lipinski definition) is 0. The predicted molar refractivity (Wildman–Crippen MR) is 144 cm³/mol. The Bertz CT molecular complexity index is 1070. The number of rotatable bonds is 3. The average molecular weight is 603 g/mol. The molecule has 172 valence electrons. The van der Waals surface area contributed by atoms with Crippen LogP contribution in [0.3, 0.4) is 0 Å². The normalized spacial score (nSPS) is 11.5. The van der Waals surface area contributed by atoms with Gasteiger partial charge in [-0.05, 0) is 31.2 Å². The Morgan fingerprint density at radius 2 is 1.36 bits per heavy atom. The summed E-state index contributed by atoms with van der Waals surface area (Å²) in [6.45, 7) is 11.0. The maximum absolute atomic E-state index is 2.46. The molecule has 0 saturated heterocycles. The SMILES string of the molecule is Cc1c(C)c(C)[c-](C)c1C.[CH3-].[CH3-].[Hf+4].c1ccc(CC[c-]2ccc3cc4c(cc32)CCC4)cc1. The fraction of sp³-hybridized carbons (Fsp3) is 0.312. The standard InChI is InChI=1S/C20H19.C10H15.2CH3.Hf/c1-2-5-15(6-3-1)9-10-16-11-12-19-13-17-7-4-8-18(17)14-20(16)19;1-6-7(2)9(4)10(5)8(6)3;;;/h1-3,5-6,11-14H,4,7-10H2;1-5H3;2*1H3;/q4*-1;+4. The van der Waals surface area contributed by atoms with E-state index in [0.29, 0.717) is 0 Å². The Morgan fingerprint density at radius 1 is 0.788 bits per heavy atom. The molecule has 0 fully saturated rings. The quantitative estimate of drug-likeness (QED) is 0.163. The van der Waals surface area contributed by atoms with E-state index in [-0.39, 0.29) is 40.7 Å². The predicted octanol–water partition coefficient (Wildman–Crippen LogP) is 8.68. The van der Waals surface area contributed by atoms with Gasteiger partial charge in [-0.3, -0.25) is 0 Å². The molecule has 0 amide bonds. The molecule has 0 heterocycles. The summed E-state index contributed by atoms with van der Waals surface area (Å²) >= 11 is 0. The van der Waals surface area contributed by atoms with Crippen LogP contribution in [0.4, 0.5) is 0 Å². The first kappa shape index (κ1) is 29.3. The molecule has 0 aliphatic heterocycles. The fourth-order valence-electron chi connectivity index (χ4n) is 4.89. The van der Waals surface area contributed by atoms with E-state index in [9.17, 15) is 0 Å². The van der Waals surface area contributed by atoms with E-state index in [1.54, 1.807) is 11.1 Å². The number of benzene rings is 2. The van der Waals surface area contributed by atoms with Crippen LogP contribution in [0.1, 0.15) is 56.5 Å². The number of aryl methyl sites for hydroxylation is 4. The second-order valence-electron chi connectivity index (χ2n) is 9.03. The van der Waals surface area contributed by atoms with Crippen molar-refractivity contribution in [3.05, 3.63) is 120 Å². The van der Waals surface area contributed by atoms with Gasteiger partial charge in [-0.25, -0.2) is 0 Å². The third-order valence-electron chi connectivity index (χ3n) is 7.41. The minimum absolute atomic E-state index is 0. The van der Waals surface area contributed by atoms with Gasteiger partial charge in [-0.15, -0.1) is 34.5 Å². The maximum atomic E-state index is 2.46. The van der Waals surface area contributed by atoms with Crippen LogP contribution in [0.25, 0.3) is 10.8 Å². The number of hydrogen-bond acceptors (Lipinski definition) is 0. The first-order valence-corrected chi connectivity index (χ1v) is 11.4. The minimum atomic E-state index is 0. The minimum Gasteiger partial charge on any atom is -0.358 e. The van der Waals surface area contributed by atoms with Crippen molar-refractivity contribution < 1.29 is 25.8 Å². The van der Waals surface area contributed by atoms with E-state index < -0.39 is 0 Å². The van der Waals surface area contributed by atoms with Crippen LogP contribution in [-0.4, -0.2) is 0 Å². The van der Waals surface area contributed by atoms with Crippen molar-refractivity contribution in [2.24, 2.45) is 0 Å². The molecule has 1 heteroatoms. The Labute approximate surface area is 222 Å². The molecule has 5 rings (SSSR count). The topological polar surface area (TPSA) is 0 Å². The van der Waals surface area contributed by atoms with Crippen molar-refractivity contribution in [1.82, 2.24) is 0 Å². The van der Waals surface area contributed by atoms with Gasteiger partial charge >= 0.3 is 25.8 Å². The van der Waals surface area contributed by atoms with Crippen molar-refractivity contribution in [2.75, 3.05) is 0 Å². The van der Waals surface area contributed by atoms with Crippen LogP contribution >= 0.6 is 0 Å². The largest absolute Gasteiger partial charge is 4.00 e. The van der Waals surface area contributed by atoms with E-state index in [2.05, 4.69) is 89.2 Å². The first-order valence-electron chi connectivity index (χ1n) is 11.4. The first-order chi connectivity index (χ1) is 14.5. The van der Waals surface area contributed by atoms with Crippen molar-refractivity contribution in [3.63, 3.8) is 0 Å². The van der Waals surface area contributed by atoms with E-state index in [4.69, 9.17) is 0 Å². The van der Waals surface area contributed by atoms with Gasteiger partial charge < -0.3 is 14.9 Å². The van der Waals surface area contributed by atoms with Crippen molar-refractivity contribution >= 4 is 10.8 Å². The second-order valence-corrected chi connectivity index (χ2v) is 9.03. The molecule has 0 radical (unpaired) electrons. The van der Waals surface area contributed by atoms with Gasteiger partial charge in [0.15, 0.2) is 0 Å². The summed E-state index contributed by atoms with van der Waals surface area (Å²) in [7, 11) is 0. The zero-order valence-electron chi connectivity index (χ0n) is 21.7. The molecule has 1 aliphatic rings. The molecule has 0 N–H and O–H groups in total. The Morgan fingerprint density at radius 3 is 1.91 bits per heavy atom. The molecule has 0 saturated carbocycles. The third kappa shape index (κ3) is 6.24. The summed E-state index contributed by atoms with van der Waals surface area (Å²) in [5.74, 6) is 0. The van der Waals surface area contributed by atoms with Gasteiger partial charge in [0.2, 0.25) is 0 Å². The summed E-state index contributed by atoms with van der Waals surface area (Å²) in [6, 6.07) is 20.3. The van der Waals surface area contributed by atoms with E-state index in [0.717, 1.165) is 12.8 Å². The van der Waals surface area contributed by atoms with Crippen molar-refractivity contribution in [3.8, 4) is 0 Å². The van der Waals surface area contributed by atoms with E-state index >= 15 is 0 Å². The third-order valence-corrected chi connectivity index (χ3v) is 7.41. The number of fused-ring (bicyclic) bond motifs is 2. The molecule has 0 atom stereocenters. The molecule has 4 aromatic carbocycles. The monoisotopic (exact) mass is 604 g/mol. The van der Waals surface area contributed by atoms with Crippen molar-refractivity contribution in [2.45, 2.75) is 66.7 Å². The summed E-state index contributed by atoms with van der Waals surface area (Å²) in [5.41, 5.74) is 13.5. The molecular formula is C32H40Hf. The second kappa shape index (κ2) is 12.7. The summed E-state index contributed by atoms with van der Waals surface area (Å²) in [4.78, 5) is 0. The van der Waals surface area contributed by atoms with Gasteiger partial charge in [0, 0.05) is 0 Å². The summed E-state index contributed by atoms with van der Waals surface area (Å²) < 4.78 is 0. The molecule has 0 unspecified atom stereocenters. The Hall–Kier alpha value is -1.73. The van der Waals surface area contributed by atoms with Gasteiger partial charge in [-0.2, -0.15) is 33.9 Å². The van der Waals surface area contributed by atoms with Crippen LogP contribution in [0, 0.1) is 49.5 Å². The van der Waals surface area contributed by atoms with E-state index in [1.807, 2.05) is 0 Å². The van der Waals surface area contributed by atoms with Gasteiger partial charge in [0.25, 0.3) is 0 Å². The fourth-order valence-corrected chi connectivity index (χ4v) is 4.89. The molecular weight excluding hydrogens is 563 g/mol. The summed E-state index contributed by atoms with van der Waals surface area (Å²) in [6.07, 6.45) is 6.16. The Balaban J connectivity index is 0.000000364.